The molecule has 5 heterocycles. The van der Waals surface area contributed by atoms with Gasteiger partial charge in [0.1, 0.15) is 11.9 Å². The summed E-state index contributed by atoms with van der Waals surface area (Å²) in [6, 6.07) is -2.12. The minimum absolute atomic E-state index is 0.00184. The molecule has 1 N–H and O–H groups in total. The lowest BCUT2D eigenvalue weighted by atomic mass is 9.69. The Bertz CT molecular complexity index is 1780. The molecule has 10 nitrogen and oxygen atoms in total. The van der Waals surface area contributed by atoms with Gasteiger partial charge in [0, 0.05) is 49.1 Å². The second-order valence-corrected chi connectivity index (χ2v) is 11.6. The zero-order chi connectivity index (χ0) is 31.1. The summed E-state index contributed by atoms with van der Waals surface area (Å²) >= 11 is 0. The number of pyridine rings is 1. The molecule has 206 valence electrons. The Morgan fingerprint density at radius 1 is 1.18 bits per heavy atom. The number of anilines is 1. The lowest BCUT2D eigenvalue weighted by molar-refractivity contribution is -0.147. The van der Waals surface area contributed by atoms with Crippen LogP contribution >= 0.6 is 0 Å². The fourth-order valence-corrected chi connectivity index (χ4v) is 6.49. The molecule has 1 unspecified atom stereocenters. The van der Waals surface area contributed by atoms with E-state index in [0.29, 0.717) is 18.7 Å². The molecule has 40 heavy (non-hydrogen) atoms. The van der Waals surface area contributed by atoms with Gasteiger partial charge in [0.15, 0.2) is 0 Å². The van der Waals surface area contributed by atoms with Gasteiger partial charge in [-0.25, -0.2) is 4.98 Å². The summed E-state index contributed by atoms with van der Waals surface area (Å²) < 4.78 is 36.4. The van der Waals surface area contributed by atoms with Gasteiger partial charge in [-0.3, -0.25) is 34.1 Å². The maximum absolute atomic E-state index is 13.6. The van der Waals surface area contributed by atoms with E-state index in [9.17, 15) is 19.2 Å². The van der Waals surface area contributed by atoms with E-state index in [4.69, 9.17) is 5.48 Å². The molecule has 1 aromatic carbocycles. The first-order valence-corrected chi connectivity index (χ1v) is 13.9. The van der Waals surface area contributed by atoms with Crippen molar-refractivity contribution in [2.45, 2.75) is 70.4 Å². The second-order valence-electron chi connectivity index (χ2n) is 11.6. The van der Waals surface area contributed by atoms with Crippen LogP contribution in [0.15, 0.2) is 36.7 Å². The van der Waals surface area contributed by atoms with Crippen molar-refractivity contribution >= 4 is 40.2 Å². The average molecular weight is 545 g/mol. The SMILES string of the molecule is [2H]c1nc2c3c(c([2H])c([2H])c([2H])c3c1Cc1cnn(C3CCN(C(=O)C4(C)CCC4)CC3)c1)C(=O)N2C1CCC(=O)NC1=O. The van der Waals surface area contributed by atoms with Crippen molar-refractivity contribution < 1.29 is 24.7 Å². The Labute approximate surface area is 237 Å². The zero-order valence-electron chi connectivity index (χ0n) is 26.2. The van der Waals surface area contributed by atoms with Crippen LogP contribution in [0.3, 0.4) is 0 Å². The summed E-state index contributed by atoms with van der Waals surface area (Å²) in [5.41, 5.74) is 0.745. The number of carbonyl (C=O) groups is 4. The standard InChI is InChI=1S/C30H32N6O4/c1-30(10-3-11-30)29(40)34-12-8-20(9-13-34)35-17-18(15-32-35)14-19-16-31-26-25-21(19)4-2-5-22(25)28(39)36(26)23-6-7-24(37)33-27(23)38/h2,4-5,15-17,20,23H,3,6-14H2,1H3,(H,33,37,38)/i2D,4D,5D,16D. The number of aromatic nitrogens is 3. The van der Waals surface area contributed by atoms with Crippen LogP contribution in [0.5, 0.6) is 0 Å². The van der Waals surface area contributed by atoms with Crippen LogP contribution in [0.1, 0.15) is 84.9 Å². The number of likely N-dealkylation sites (tertiary alicyclic amines) is 1. The van der Waals surface area contributed by atoms with Gasteiger partial charge >= 0.3 is 0 Å². The number of benzene rings is 1. The molecule has 1 saturated carbocycles. The number of hydrogen-bond donors (Lipinski definition) is 1. The highest BCUT2D eigenvalue weighted by Crippen LogP contribution is 2.43. The fraction of sp³-hybridized carbons (Fsp3) is 0.467. The summed E-state index contributed by atoms with van der Waals surface area (Å²) in [5.74, 6) is -1.58. The molecule has 10 heteroatoms. The van der Waals surface area contributed by atoms with E-state index in [0.717, 1.165) is 42.6 Å². The third kappa shape index (κ3) is 3.91. The van der Waals surface area contributed by atoms with Crippen molar-refractivity contribution in [3.05, 3.63) is 53.4 Å². The molecular formula is C30H32N6O4. The Balaban J connectivity index is 1.19. The van der Waals surface area contributed by atoms with E-state index in [2.05, 4.69) is 22.3 Å². The first-order chi connectivity index (χ1) is 21.0. The largest absolute Gasteiger partial charge is 0.342 e. The van der Waals surface area contributed by atoms with Crippen LogP contribution in [0, 0.1) is 5.41 Å². The smallest absolute Gasteiger partial charge is 0.260 e. The molecule has 0 spiro atoms. The highest BCUT2D eigenvalue weighted by atomic mass is 16.2. The molecule has 1 atom stereocenters. The molecule has 2 saturated heterocycles. The molecule has 4 amide bonds. The maximum atomic E-state index is 13.6. The molecule has 4 aliphatic rings. The van der Waals surface area contributed by atoms with Crippen LogP contribution < -0.4 is 10.2 Å². The van der Waals surface area contributed by atoms with Crippen molar-refractivity contribution in [2.75, 3.05) is 18.0 Å². The Morgan fingerprint density at radius 3 is 2.70 bits per heavy atom. The van der Waals surface area contributed by atoms with E-state index in [1.165, 1.54) is 0 Å². The highest BCUT2D eigenvalue weighted by molar-refractivity contribution is 6.26. The number of imide groups is 1. The summed E-state index contributed by atoms with van der Waals surface area (Å²) in [6.45, 7) is 3.40. The molecule has 1 aliphatic carbocycles. The summed E-state index contributed by atoms with van der Waals surface area (Å²) in [6.07, 6.45) is 8.17. The summed E-state index contributed by atoms with van der Waals surface area (Å²) in [7, 11) is 0. The minimum Gasteiger partial charge on any atom is -0.342 e. The van der Waals surface area contributed by atoms with Crippen molar-refractivity contribution in [1.82, 2.24) is 25.0 Å². The molecule has 3 aromatic rings. The summed E-state index contributed by atoms with van der Waals surface area (Å²) in [4.78, 5) is 58.6. The molecule has 0 radical (unpaired) electrons. The van der Waals surface area contributed by atoms with Crippen molar-refractivity contribution in [2.24, 2.45) is 5.41 Å². The van der Waals surface area contributed by atoms with Gasteiger partial charge < -0.3 is 4.90 Å². The number of nitrogens with one attached hydrogen (secondary N) is 1. The van der Waals surface area contributed by atoms with E-state index in [1.807, 2.05) is 15.8 Å². The number of hydrogen-bond acceptors (Lipinski definition) is 6. The third-order valence-corrected chi connectivity index (χ3v) is 9.01. The van der Waals surface area contributed by atoms with Gasteiger partial charge in [-0.1, -0.05) is 25.4 Å². The topological polar surface area (TPSA) is 118 Å². The van der Waals surface area contributed by atoms with Crippen LogP contribution in [-0.2, 0) is 20.8 Å². The van der Waals surface area contributed by atoms with Crippen molar-refractivity contribution in [3.8, 4) is 0 Å². The van der Waals surface area contributed by atoms with Gasteiger partial charge in [-0.2, -0.15) is 5.10 Å². The normalized spacial score (nSPS) is 23.9. The van der Waals surface area contributed by atoms with E-state index < -0.39 is 35.8 Å². The predicted molar refractivity (Wildman–Crippen MR) is 147 cm³/mol. The lowest BCUT2D eigenvalue weighted by Gasteiger charge is -2.43. The van der Waals surface area contributed by atoms with Crippen molar-refractivity contribution in [1.29, 1.82) is 0 Å². The average Bonchev–Trinajstić information content (AvgIpc) is 3.56. The predicted octanol–water partition coefficient (Wildman–Crippen LogP) is 3.14. The summed E-state index contributed by atoms with van der Waals surface area (Å²) in [5, 5.41) is 7.18. The molecule has 0 bridgehead atoms. The number of piperidine rings is 2. The first-order valence-electron chi connectivity index (χ1n) is 15.9. The van der Waals surface area contributed by atoms with Gasteiger partial charge in [0.25, 0.3) is 5.91 Å². The quantitative estimate of drug-likeness (QED) is 0.493. The van der Waals surface area contributed by atoms with Crippen LogP contribution in [-0.4, -0.2) is 62.4 Å². The second kappa shape index (κ2) is 9.25. The monoisotopic (exact) mass is 544 g/mol. The van der Waals surface area contributed by atoms with E-state index in [-0.39, 0.29) is 71.0 Å². The maximum Gasteiger partial charge on any atom is 0.260 e. The zero-order valence-corrected chi connectivity index (χ0v) is 22.2. The first kappa shape index (κ1) is 20.8. The van der Waals surface area contributed by atoms with Gasteiger partial charge in [-0.05, 0) is 54.7 Å². The lowest BCUT2D eigenvalue weighted by Crippen LogP contribution is -2.53. The van der Waals surface area contributed by atoms with E-state index >= 15 is 0 Å². The van der Waals surface area contributed by atoms with Crippen molar-refractivity contribution in [3.63, 3.8) is 0 Å². The Morgan fingerprint density at radius 2 is 1.98 bits per heavy atom. The van der Waals surface area contributed by atoms with Crippen LogP contribution in [0.4, 0.5) is 5.82 Å². The molecule has 2 aromatic heterocycles. The fourth-order valence-electron chi connectivity index (χ4n) is 6.49. The van der Waals surface area contributed by atoms with Crippen LogP contribution in [0.25, 0.3) is 10.8 Å². The number of amides is 4. The van der Waals surface area contributed by atoms with Gasteiger partial charge in [0.05, 0.1) is 23.3 Å². The van der Waals surface area contributed by atoms with E-state index in [1.54, 1.807) is 6.20 Å². The van der Waals surface area contributed by atoms with Gasteiger partial charge in [0.2, 0.25) is 17.7 Å². The molecule has 3 fully saturated rings. The number of carbonyl (C=O) groups excluding carboxylic acids is 4. The Hall–Kier alpha value is -4.08. The number of rotatable bonds is 5. The molecule has 3 aliphatic heterocycles. The molecule has 7 rings (SSSR count). The van der Waals surface area contributed by atoms with Gasteiger partial charge in [-0.15, -0.1) is 0 Å². The van der Waals surface area contributed by atoms with Crippen LogP contribution in [0.2, 0.25) is 0 Å². The minimum atomic E-state index is -1.06. The third-order valence-electron chi connectivity index (χ3n) is 9.01. The highest BCUT2D eigenvalue weighted by Gasteiger charge is 2.43. The molecular weight excluding hydrogens is 508 g/mol. The number of nitrogens with zero attached hydrogens (tertiary/aromatic N) is 5. The Kier molecular flexibility index (Phi) is 4.80.